The number of para-hydroxylation sites is 1. The Morgan fingerprint density at radius 3 is 2.47 bits per heavy atom. The first-order valence-electron chi connectivity index (χ1n) is 4.59. The fraction of sp³-hybridized carbons (Fsp3) is 0. The zero-order valence-electron chi connectivity index (χ0n) is 7.77. The van der Waals surface area contributed by atoms with Crippen LogP contribution in [0.2, 0.25) is 0 Å². The normalized spacial score (nSPS) is 11.2. The number of phenols is 2. The molecule has 2 aromatic carbocycles. The summed E-state index contributed by atoms with van der Waals surface area (Å²) >= 11 is 0. The largest absolute Gasteiger partial charge is 0.507 e. The van der Waals surface area contributed by atoms with Crippen molar-refractivity contribution in [2.75, 3.05) is 0 Å². The van der Waals surface area contributed by atoms with Gasteiger partial charge < -0.3 is 14.6 Å². The Hall–Kier alpha value is -2.16. The second-order valence-electron chi connectivity index (χ2n) is 3.41. The predicted molar refractivity (Wildman–Crippen MR) is 57.0 cm³/mol. The van der Waals surface area contributed by atoms with Gasteiger partial charge in [0.1, 0.15) is 11.3 Å². The van der Waals surface area contributed by atoms with E-state index in [-0.39, 0.29) is 11.5 Å². The molecule has 0 spiro atoms. The summed E-state index contributed by atoms with van der Waals surface area (Å²) in [5, 5.41) is 20.7. The Morgan fingerprint density at radius 2 is 1.60 bits per heavy atom. The van der Waals surface area contributed by atoms with Crippen molar-refractivity contribution in [1.82, 2.24) is 0 Å². The molecule has 0 radical (unpaired) electrons. The molecule has 1 heterocycles. The summed E-state index contributed by atoms with van der Waals surface area (Å²) in [4.78, 5) is 0. The minimum atomic E-state index is 0.0407. The van der Waals surface area contributed by atoms with E-state index in [1.54, 1.807) is 6.07 Å². The molecule has 0 atom stereocenters. The molecule has 0 saturated heterocycles. The summed E-state index contributed by atoms with van der Waals surface area (Å²) in [5.74, 6) is 0.159. The Bertz CT molecular complexity index is 652. The molecule has 0 unspecified atom stereocenters. The number of phenolic OH excluding ortho intramolecular Hbond substituents is 2. The fourth-order valence-corrected chi connectivity index (χ4v) is 1.80. The standard InChI is InChI=1S/C12H8O3/c13-8-5-6-9(14)12-11(8)7-3-1-2-4-10(7)15-12/h1-6,13-14H. The number of aromatic hydroxyl groups is 2. The Labute approximate surface area is 85.2 Å². The zero-order chi connectivity index (χ0) is 10.4. The number of hydrogen-bond acceptors (Lipinski definition) is 3. The maximum Gasteiger partial charge on any atom is 0.180 e. The highest BCUT2D eigenvalue weighted by Gasteiger charge is 2.13. The van der Waals surface area contributed by atoms with Crippen molar-refractivity contribution in [2.45, 2.75) is 0 Å². The van der Waals surface area contributed by atoms with E-state index in [0.29, 0.717) is 16.6 Å². The Kier molecular flexibility index (Phi) is 1.45. The Morgan fingerprint density at radius 1 is 0.867 bits per heavy atom. The highest BCUT2D eigenvalue weighted by Crippen LogP contribution is 2.39. The summed E-state index contributed by atoms with van der Waals surface area (Å²) in [6.45, 7) is 0. The fourth-order valence-electron chi connectivity index (χ4n) is 1.80. The van der Waals surface area contributed by atoms with Gasteiger partial charge in [0.05, 0.1) is 5.39 Å². The lowest BCUT2D eigenvalue weighted by Gasteiger charge is -1.95. The van der Waals surface area contributed by atoms with E-state index in [9.17, 15) is 10.2 Å². The average molecular weight is 200 g/mol. The maximum absolute atomic E-state index is 9.71. The predicted octanol–water partition coefficient (Wildman–Crippen LogP) is 3.00. The maximum atomic E-state index is 9.71. The number of benzene rings is 2. The molecule has 0 fully saturated rings. The van der Waals surface area contributed by atoms with E-state index in [0.717, 1.165) is 5.39 Å². The van der Waals surface area contributed by atoms with Crippen LogP contribution in [0.15, 0.2) is 40.8 Å². The van der Waals surface area contributed by atoms with Crippen LogP contribution >= 0.6 is 0 Å². The third-order valence-corrected chi connectivity index (χ3v) is 2.48. The van der Waals surface area contributed by atoms with Gasteiger partial charge in [0.2, 0.25) is 0 Å². The van der Waals surface area contributed by atoms with Crippen molar-refractivity contribution < 1.29 is 14.6 Å². The van der Waals surface area contributed by atoms with Crippen LogP contribution in [-0.2, 0) is 0 Å². The minimum Gasteiger partial charge on any atom is -0.507 e. The second kappa shape index (κ2) is 2.67. The van der Waals surface area contributed by atoms with E-state index in [2.05, 4.69) is 0 Å². The quantitative estimate of drug-likeness (QED) is 0.548. The van der Waals surface area contributed by atoms with Crippen LogP contribution in [-0.4, -0.2) is 10.2 Å². The number of furan rings is 1. The van der Waals surface area contributed by atoms with Crippen LogP contribution in [0.25, 0.3) is 21.9 Å². The summed E-state index contributed by atoms with van der Waals surface area (Å²) in [7, 11) is 0. The minimum absolute atomic E-state index is 0.0407. The van der Waals surface area contributed by atoms with Crippen LogP contribution < -0.4 is 0 Å². The monoisotopic (exact) mass is 200 g/mol. The summed E-state index contributed by atoms with van der Waals surface area (Å²) < 4.78 is 5.45. The molecule has 3 nitrogen and oxygen atoms in total. The Balaban J connectivity index is 2.66. The van der Waals surface area contributed by atoms with Gasteiger partial charge in [0.25, 0.3) is 0 Å². The van der Waals surface area contributed by atoms with E-state index in [4.69, 9.17) is 4.42 Å². The molecular weight excluding hydrogens is 192 g/mol. The van der Waals surface area contributed by atoms with Gasteiger partial charge in [-0.3, -0.25) is 0 Å². The van der Waals surface area contributed by atoms with Gasteiger partial charge in [-0.2, -0.15) is 0 Å². The highest BCUT2D eigenvalue weighted by atomic mass is 16.4. The lowest BCUT2D eigenvalue weighted by atomic mass is 10.1. The van der Waals surface area contributed by atoms with Crippen LogP contribution in [0.3, 0.4) is 0 Å². The summed E-state index contributed by atoms with van der Waals surface area (Å²) in [6, 6.07) is 10.2. The van der Waals surface area contributed by atoms with Crippen LogP contribution in [0, 0.1) is 0 Å². The molecule has 0 amide bonds. The molecular formula is C12H8O3. The zero-order valence-corrected chi connectivity index (χ0v) is 7.77. The molecule has 0 aliphatic carbocycles. The molecule has 0 aliphatic heterocycles. The van der Waals surface area contributed by atoms with Crippen molar-refractivity contribution in [3.63, 3.8) is 0 Å². The number of rotatable bonds is 0. The number of hydrogen-bond donors (Lipinski definition) is 2. The molecule has 3 rings (SSSR count). The van der Waals surface area contributed by atoms with Gasteiger partial charge in [-0.1, -0.05) is 18.2 Å². The molecule has 3 heteroatoms. The van der Waals surface area contributed by atoms with Crippen molar-refractivity contribution in [1.29, 1.82) is 0 Å². The van der Waals surface area contributed by atoms with E-state index >= 15 is 0 Å². The van der Waals surface area contributed by atoms with E-state index < -0.39 is 0 Å². The molecule has 15 heavy (non-hydrogen) atoms. The van der Waals surface area contributed by atoms with Gasteiger partial charge in [-0.05, 0) is 18.2 Å². The van der Waals surface area contributed by atoms with Gasteiger partial charge >= 0.3 is 0 Å². The first-order valence-corrected chi connectivity index (χ1v) is 4.59. The molecule has 74 valence electrons. The third-order valence-electron chi connectivity index (χ3n) is 2.48. The molecule has 0 bridgehead atoms. The van der Waals surface area contributed by atoms with E-state index in [1.807, 2.05) is 18.2 Å². The van der Waals surface area contributed by atoms with Gasteiger partial charge in [-0.25, -0.2) is 0 Å². The molecule has 0 aliphatic rings. The lowest BCUT2D eigenvalue weighted by Crippen LogP contribution is -1.69. The SMILES string of the molecule is Oc1ccc(O)c2c1oc1ccccc12. The average Bonchev–Trinajstić information content (AvgIpc) is 2.64. The molecule has 1 aromatic heterocycles. The lowest BCUT2D eigenvalue weighted by molar-refractivity contribution is 0.460. The summed E-state index contributed by atoms with van der Waals surface area (Å²) in [6.07, 6.45) is 0. The first-order chi connectivity index (χ1) is 7.27. The smallest absolute Gasteiger partial charge is 0.180 e. The van der Waals surface area contributed by atoms with Crippen LogP contribution in [0.5, 0.6) is 11.5 Å². The van der Waals surface area contributed by atoms with E-state index in [1.165, 1.54) is 12.1 Å². The second-order valence-corrected chi connectivity index (χ2v) is 3.41. The van der Waals surface area contributed by atoms with Crippen molar-refractivity contribution >= 4 is 21.9 Å². The first kappa shape index (κ1) is 8.17. The molecule has 2 N–H and O–H groups in total. The van der Waals surface area contributed by atoms with Gasteiger partial charge in [0.15, 0.2) is 11.3 Å². The van der Waals surface area contributed by atoms with Gasteiger partial charge in [-0.15, -0.1) is 0 Å². The highest BCUT2D eigenvalue weighted by molar-refractivity contribution is 6.09. The number of fused-ring (bicyclic) bond motifs is 3. The molecule has 0 saturated carbocycles. The molecule has 3 aromatic rings. The van der Waals surface area contributed by atoms with Crippen molar-refractivity contribution in [2.24, 2.45) is 0 Å². The topological polar surface area (TPSA) is 53.6 Å². The van der Waals surface area contributed by atoms with Crippen molar-refractivity contribution in [3.05, 3.63) is 36.4 Å². The third kappa shape index (κ3) is 1.00. The van der Waals surface area contributed by atoms with Crippen molar-refractivity contribution in [3.8, 4) is 11.5 Å². The summed E-state index contributed by atoms with van der Waals surface area (Å²) in [5.41, 5.74) is 0.987. The van der Waals surface area contributed by atoms with Crippen LogP contribution in [0.4, 0.5) is 0 Å². The van der Waals surface area contributed by atoms with Gasteiger partial charge in [0, 0.05) is 5.39 Å². The van der Waals surface area contributed by atoms with Crippen LogP contribution in [0.1, 0.15) is 0 Å².